The van der Waals surface area contributed by atoms with Crippen LogP contribution in [-0.4, -0.2) is 50.5 Å². The van der Waals surface area contributed by atoms with Gasteiger partial charge in [-0.25, -0.2) is 12.8 Å². The maximum Gasteiger partial charge on any atom is 0.242 e. The molecule has 2 rings (SSSR count). The molecule has 1 unspecified atom stereocenters. The Kier molecular flexibility index (Phi) is 9.67. The van der Waals surface area contributed by atoms with Crippen molar-refractivity contribution in [2.45, 2.75) is 39.3 Å². The number of nitrogens with one attached hydrogen (secondary N) is 1. The highest BCUT2D eigenvalue weighted by Crippen LogP contribution is 2.22. The van der Waals surface area contributed by atoms with Crippen molar-refractivity contribution in [1.29, 1.82) is 0 Å². The molecule has 0 aliphatic rings. The third kappa shape index (κ3) is 7.71. The van der Waals surface area contributed by atoms with E-state index >= 15 is 0 Å². The number of nitrogens with zero attached hydrogens (tertiary/aromatic N) is 2. The number of para-hydroxylation sites is 1. The van der Waals surface area contributed by atoms with Gasteiger partial charge in [0.05, 0.1) is 11.9 Å². The van der Waals surface area contributed by atoms with Gasteiger partial charge in [0.2, 0.25) is 21.8 Å². The summed E-state index contributed by atoms with van der Waals surface area (Å²) in [6.07, 6.45) is 1.13. The molecular formula is C23H29ClFN3O4S. The molecule has 0 spiro atoms. The fraction of sp³-hybridized carbons (Fsp3) is 0.391. The summed E-state index contributed by atoms with van der Waals surface area (Å²) >= 11 is 5.94. The number of rotatable bonds is 11. The fourth-order valence-corrected chi connectivity index (χ4v) is 4.42. The van der Waals surface area contributed by atoms with Gasteiger partial charge in [-0.3, -0.25) is 13.9 Å². The molecule has 0 aromatic heterocycles. The quantitative estimate of drug-likeness (QED) is 0.514. The zero-order valence-corrected chi connectivity index (χ0v) is 20.5. The van der Waals surface area contributed by atoms with Crippen LogP contribution in [0.2, 0.25) is 5.02 Å². The Morgan fingerprint density at radius 2 is 1.76 bits per heavy atom. The maximum absolute atomic E-state index is 14.2. The first kappa shape index (κ1) is 26.6. The Morgan fingerprint density at radius 3 is 2.33 bits per heavy atom. The summed E-state index contributed by atoms with van der Waals surface area (Å²) in [7, 11) is -3.76. The second kappa shape index (κ2) is 12.0. The van der Waals surface area contributed by atoms with Crippen LogP contribution in [0.3, 0.4) is 0 Å². The van der Waals surface area contributed by atoms with Crippen LogP contribution in [0.25, 0.3) is 0 Å². The SMILES string of the molecule is CCNC(=O)C(C)N(Cc1ccc(Cl)cc1)C(=O)CCCN(c1ccccc1F)S(C)(=O)=O. The first-order valence-corrected chi connectivity index (χ1v) is 12.8. The predicted molar refractivity (Wildman–Crippen MR) is 128 cm³/mol. The summed E-state index contributed by atoms with van der Waals surface area (Å²) in [5, 5.41) is 3.27. The van der Waals surface area contributed by atoms with Crippen LogP contribution in [-0.2, 0) is 26.2 Å². The van der Waals surface area contributed by atoms with Gasteiger partial charge in [0.1, 0.15) is 11.9 Å². The standard InChI is InChI=1S/C23H29ClFN3O4S/c1-4-26-23(30)17(2)27(16-18-11-13-19(24)14-12-18)22(29)10-7-15-28(33(3,31)32)21-9-6-5-8-20(21)25/h5-6,8-9,11-14,17H,4,7,10,15-16H2,1-3H3,(H,26,30). The highest BCUT2D eigenvalue weighted by atomic mass is 35.5. The monoisotopic (exact) mass is 497 g/mol. The minimum absolute atomic E-state index is 0.0161. The summed E-state index contributed by atoms with van der Waals surface area (Å²) in [6, 6.07) is 11.8. The molecule has 33 heavy (non-hydrogen) atoms. The van der Waals surface area contributed by atoms with Gasteiger partial charge in [0, 0.05) is 31.1 Å². The Bertz CT molecular complexity index is 1060. The van der Waals surface area contributed by atoms with Crippen molar-refractivity contribution in [3.05, 3.63) is 64.9 Å². The Labute approximate surface area is 199 Å². The number of carbonyl (C=O) groups is 2. The zero-order chi connectivity index (χ0) is 24.6. The lowest BCUT2D eigenvalue weighted by Gasteiger charge is -2.29. The van der Waals surface area contributed by atoms with Crippen LogP contribution in [0, 0.1) is 5.82 Å². The van der Waals surface area contributed by atoms with Gasteiger partial charge in [-0.05, 0) is 50.1 Å². The van der Waals surface area contributed by atoms with E-state index in [1.54, 1.807) is 44.2 Å². The van der Waals surface area contributed by atoms with E-state index in [1.807, 2.05) is 0 Å². The molecule has 2 aromatic carbocycles. The number of hydrogen-bond acceptors (Lipinski definition) is 4. The molecule has 0 radical (unpaired) electrons. The summed E-state index contributed by atoms with van der Waals surface area (Å²) in [5.74, 6) is -1.27. The van der Waals surface area contributed by atoms with Crippen molar-refractivity contribution in [2.75, 3.05) is 23.7 Å². The van der Waals surface area contributed by atoms with Crippen molar-refractivity contribution in [2.24, 2.45) is 0 Å². The lowest BCUT2D eigenvalue weighted by atomic mass is 10.1. The topological polar surface area (TPSA) is 86.8 Å². The van der Waals surface area contributed by atoms with E-state index in [-0.39, 0.29) is 43.4 Å². The van der Waals surface area contributed by atoms with E-state index in [9.17, 15) is 22.4 Å². The number of halogens is 2. The number of likely N-dealkylation sites (N-methyl/N-ethyl adjacent to an activating group) is 1. The molecule has 2 amide bonds. The lowest BCUT2D eigenvalue weighted by molar-refractivity contribution is -0.140. The first-order valence-electron chi connectivity index (χ1n) is 10.6. The summed E-state index contributed by atoms with van der Waals surface area (Å²) < 4.78 is 39.6. The molecule has 0 fully saturated rings. The molecule has 0 heterocycles. The van der Waals surface area contributed by atoms with E-state index in [2.05, 4.69) is 5.32 Å². The number of hydrogen-bond donors (Lipinski definition) is 1. The van der Waals surface area contributed by atoms with E-state index in [4.69, 9.17) is 11.6 Å². The number of benzene rings is 2. The summed E-state index contributed by atoms with van der Waals surface area (Å²) in [4.78, 5) is 26.9. The van der Waals surface area contributed by atoms with Crippen LogP contribution in [0.15, 0.2) is 48.5 Å². The molecule has 0 saturated heterocycles. The van der Waals surface area contributed by atoms with E-state index < -0.39 is 21.9 Å². The van der Waals surface area contributed by atoms with E-state index in [0.717, 1.165) is 16.1 Å². The summed E-state index contributed by atoms with van der Waals surface area (Å²) in [6.45, 7) is 3.98. The Hall–Kier alpha value is -2.65. The van der Waals surface area contributed by atoms with Gasteiger partial charge in [-0.15, -0.1) is 0 Å². The van der Waals surface area contributed by atoms with Crippen LogP contribution >= 0.6 is 11.6 Å². The highest BCUT2D eigenvalue weighted by Gasteiger charge is 2.26. The molecule has 1 N–H and O–H groups in total. The first-order chi connectivity index (χ1) is 15.5. The summed E-state index contributed by atoms with van der Waals surface area (Å²) in [5.41, 5.74) is 0.731. The minimum Gasteiger partial charge on any atom is -0.355 e. The van der Waals surface area contributed by atoms with Crippen molar-refractivity contribution >= 4 is 39.1 Å². The van der Waals surface area contributed by atoms with Crippen LogP contribution in [0.1, 0.15) is 32.3 Å². The third-order valence-corrected chi connectivity index (χ3v) is 6.49. The van der Waals surface area contributed by atoms with Gasteiger partial charge < -0.3 is 10.2 Å². The average molecular weight is 498 g/mol. The van der Waals surface area contributed by atoms with E-state index in [1.165, 1.54) is 23.1 Å². The zero-order valence-electron chi connectivity index (χ0n) is 18.9. The number of anilines is 1. The van der Waals surface area contributed by atoms with Crippen molar-refractivity contribution in [1.82, 2.24) is 10.2 Å². The fourth-order valence-electron chi connectivity index (χ4n) is 3.33. The Balaban J connectivity index is 2.15. The van der Waals surface area contributed by atoms with Crippen molar-refractivity contribution in [3.8, 4) is 0 Å². The molecular weight excluding hydrogens is 469 g/mol. The number of amides is 2. The molecule has 0 saturated carbocycles. The molecule has 10 heteroatoms. The minimum atomic E-state index is -3.76. The van der Waals surface area contributed by atoms with Crippen LogP contribution in [0.5, 0.6) is 0 Å². The van der Waals surface area contributed by atoms with E-state index in [0.29, 0.717) is 11.6 Å². The third-order valence-electron chi connectivity index (χ3n) is 5.06. The van der Waals surface area contributed by atoms with Crippen molar-refractivity contribution < 1.29 is 22.4 Å². The number of carbonyl (C=O) groups excluding carboxylic acids is 2. The molecule has 1 atom stereocenters. The van der Waals surface area contributed by atoms with Crippen LogP contribution < -0.4 is 9.62 Å². The lowest BCUT2D eigenvalue weighted by Crippen LogP contribution is -2.47. The van der Waals surface area contributed by atoms with Gasteiger partial charge in [0.15, 0.2) is 0 Å². The number of sulfonamides is 1. The van der Waals surface area contributed by atoms with Gasteiger partial charge in [-0.1, -0.05) is 35.9 Å². The smallest absolute Gasteiger partial charge is 0.242 e. The van der Waals surface area contributed by atoms with Gasteiger partial charge in [0.25, 0.3) is 0 Å². The molecule has 2 aromatic rings. The normalized spacial score (nSPS) is 12.2. The Morgan fingerprint density at radius 1 is 1.12 bits per heavy atom. The van der Waals surface area contributed by atoms with Gasteiger partial charge in [-0.2, -0.15) is 0 Å². The average Bonchev–Trinajstić information content (AvgIpc) is 2.76. The molecule has 0 aliphatic heterocycles. The highest BCUT2D eigenvalue weighted by molar-refractivity contribution is 7.92. The predicted octanol–water partition coefficient (Wildman–Crippen LogP) is 3.58. The van der Waals surface area contributed by atoms with Crippen molar-refractivity contribution in [3.63, 3.8) is 0 Å². The second-order valence-corrected chi connectivity index (χ2v) is 9.95. The second-order valence-electron chi connectivity index (χ2n) is 7.61. The molecule has 0 aliphatic carbocycles. The van der Waals surface area contributed by atoms with Crippen LogP contribution in [0.4, 0.5) is 10.1 Å². The van der Waals surface area contributed by atoms with Gasteiger partial charge >= 0.3 is 0 Å². The molecule has 180 valence electrons. The maximum atomic E-state index is 14.2. The molecule has 7 nitrogen and oxygen atoms in total. The molecule has 0 bridgehead atoms. The largest absolute Gasteiger partial charge is 0.355 e.